The van der Waals surface area contributed by atoms with E-state index in [9.17, 15) is 8.42 Å². The third-order valence-electron chi connectivity index (χ3n) is 2.66. The van der Waals surface area contributed by atoms with Gasteiger partial charge in [0.2, 0.25) is 10.0 Å². The molecule has 0 aliphatic heterocycles. The molecule has 4 nitrogen and oxygen atoms in total. The van der Waals surface area contributed by atoms with Crippen LogP contribution in [-0.4, -0.2) is 14.0 Å². The van der Waals surface area contributed by atoms with E-state index < -0.39 is 15.6 Å². The average Bonchev–Trinajstić information content (AvgIpc) is 3.03. The van der Waals surface area contributed by atoms with Gasteiger partial charge in [0.05, 0.1) is 21.9 Å². The molecule has 0 heterocycles. The second-order valence-corrected chi connectivity index (χ2v) is 6.84. The maximum absolute atomic E-state index is 11.9. The summed E-state index contributed by atoms with van der Waals surface area (Å²) < 4.78 is 26.2. The van der Waals surface area contributed by atoms with Gasteiger partial charge in [-0.3, -0.25) is 0 Å². The summed E-state index contributed by atoms with van der Waals surface area (Å²) in [6.45, 7) is 0. The van der Waals surface area contributed by atoms with Crippen molar-refractivity contribution >= 4 is 33.2 Å². The number of nitrogens with one attached hydrogen (secondary N) is 1. The Morgan fingerprint density at radius 3 is 2.50 bits per heavy atom. The average molecular weight is 305 g/mol. The van der Waals surface area contributed by atoms with Crippen molar-refractivity contribution in [3.8, 4) is 6.07 Å². The maximum atomic E-state index is 11.9. The summed E-state index contributed by atoms with van der Waals surface area (Å²) >= 11 is 11.6. The molecule has 0 atom stereocenters. The van der Waals surface area contributed by atoms with Crippen molar-refractivity contribution in [2.75, 3.05) is 0 Å². The Kier molecular flexibility index (Phi) is 3.56. The molecule has 1 aliphatic rings. The second-order valence-electron chi connectivity index (χ2n) is 4.30. The van der Waals surface area contributed by atoms with Gasteiger partial charge in [0.25, 0.3) is 0 Å². The minimum absolute atomic E-state index is 0.215. The molecule has 96 valence electrons. The fraction of sp³-hybridized carbons (Fsp3) is 0.364. The van der Waals surface area contributed by atoms with Gasteiger partial charge in [-0.1, -0.05) is 29.3 Å². The van der Waals surface area contributed by atoms with E-state index >= 15 is 0 Å². The molecular formula is C11H10Cl2N2O2S. The van der Waals surface area contributed by atoms with Gasteiger partial charge in [-0.05, 0) is 30.5 Å². The Morgan fingerprint density at radius 2 is 2.00 bits per heavy atom. The van der Waals surface area contributed by atoms with Crippen LogP contribution in [0.3, 0.4) is 0 Å². The SMILES string of the molecule is N#CC1(NS(=O)(=O)Cc2ccc(Cl)c(Cl)c2)CC1. The Balaban J connectivity index is 2.13. The van der Waals surface area contributed by atoms with Crippen molar-refractivity contribution in [1.29, 1.82) is 5.26 Å². The van der Waals surface area contributed by atoms with Crippen LogP contribution in [0.4, 0.5) is 0 Å². The van der Waals surface area contributed by atoms with Gasteiger partial charge in [0.1, 0.15) is 5.54 Å². The molecule has 0 spiro atoms. The van der Waals surface area contributed by atoms with Crippen LogP contribution < -0.4 is 4.72 Å². The van der Waals surface area contributed by atoms with E-state index in [2.05, 4.69) is 4.72 Å². The first-order valence-corrected chi connectivity index (χ1v) is 7.63. The molecule has 1 fully saturated rings. The fourth-order valence-corrected chi connectivity index (χ4v) is 3.40. The molecule has 0 aromatic heterocycles. The summed E-state index contributed by atoms with van der Waals surface area (Å²) in [5, 5.41) is 9.54. The molecule has 0 radical (unpaired) electrons. The molecule has 18 heavy (non-hydrogen) atoms. The lowest BCUT2D eigenvalue weighted by Gasteiger charge is -2.10. The van der Waals surface area contributed by atoms with Crippen LogP contribution in [0.5, 0.6) is 0 Å². The van der Waals surface area contributed by atoms with Crippen molar-refractivity contribution in [1.82, 2.24) is 4.72 Å². The molecule has 0 unspecified atom stereocenters. The molecule has 0 amide bonds. The van der Waals surface area contributed by atoms with Crippen LogP contribution in [0, 0.1) is 11.3 Å². The maximum Gasteiger partial charge on any atom is 0.217 e. The van der Waals surface area contributed by atoms with Crippen LogP contribution in [-0.2, 0) is 15.8 Å². The molecule has 2 rings (SSSR count). The van der Waals surface area contributed by atoms with Crippen LogP contribution in [0.15, 0.2) is 18.2 Å². The summed E-state index contributed by atoms with van der Waals surface area (Å²) in [6.07, 6.45) is 1.12. The first-order chi connectivity index (χ1) is 8.36. The highest BCUT2D eigenvalue weighted by Gasteiger charge is 2.46. The summed E-state index contributed by atoms with van der Waals surface area (Å²) in [7, 11) is -3.55. The molecule has 7 heteroatoms. The number of sulfonamides is 1. The number of hydrogen-bond acceptors (Lipinski definition) is 3. The third kappa shape index (κ3) is 3.15. The van der Waals surface area contributed by atoms with E-state index in [4.69, 9.17) is 28.5 Å². The highest BCUT2D eigenvalue weighted by atomic mass is 35.5. The number of nitriles is 1. The second kappa shape index (κ2) is 4.71. The molecular weight excluding hydrogens is 295 g/mol. The van der Waals surface area contributed by atoms with Crippen molar-refractivity contribution in [2.45, 2.75) is 24.1 Å². The predicted molar refractivity (Wildman–Crippen MR) is 69.8 cm³/mol. The molecule has 1 aromatic carbocycles. The van der Waals surface area contributed by atoms with E-state index in [1.165, 1.54) is 6.07 Å². The highest BCUT2D eigenvalue weighted by molar-refractivity contribution is 7.88. The fourth-order valence-electron chi connectivity index (χ4n) is 1.54. The number of halogens is 2. The van der Waals surface area contributed by atoms with E-state index in [0.29, 0.717) is 28.5 Å². The lowest BCUT2D eigenvalue weighted by molar-refractivity contribution is 0.570. The summed E-state index contributed by atoms with van der Waals surface area (Å²) in [4.78, 5) is 0. The lowest BCUT2D eigenvalue weighted by atomic mass is 10.2. The van der Waals surface area contributed by atoms with Gasteiger partial charge in [0.15, 0.2) is 0 Å². The van der Waals surface area contributed by atoms with Gasteiger partial charge in [0, 0.05) is 0 Å². The predicted octanol–water partition coefficient (Wildman–Crippen LogP) is 2.47. The lowest BCUT2D eigenvalue weighted by Crippen LogP contribution is -2.36. The third-order valence-corrected chi connectivity index (χ3v) is 4.81. The van der Waals surface area contributed by atoms with Gasteiger partial charge >= 0.3 is 0 Å². The van der Waals surface area contributed by atoms with Crippen LogP contribution in [0.2, 0.25) is 10.0 Å². The van der Waals surface area contributed by atoms with Crippen molar-refractivity contribution < 1.29 is 8.42 Å². The molecule has 1 aromatic rings. The number of rotatable bonds is 4. The van der Waals surface area contributed by atoms with Gasteiger partial charge in [-0.25, -0.2) is 8.42 Å². The van der Waals surface area contributed by atoms with Gasteiger partial charge in [-0.2, -0.15) is 9.98 Å². The molecule has 1 saturated carbocycles. The quantitative estimate of drug-likeness (QED) is 0.929. The summed E-state index contributed by atoms with van der Waals surface area (Å²) in [5.74, 6) is -0.215. The molecule has 0 saturated heterocycles. The van der Waals surface area contributed by atoms with Crippen LogP contribution in [0.1, 0.15) is 18.4 Å². The molecule has 1 N–H and O–H groups in total. The normalized spacial score (nSPS) is 17.2. The molecule has 1 aliphatic carbocycles. The van der Waals surface area contributed by atoms with E-state index in [1.807, 2.05) is 6.07 Å². The zero-order valence-electron chi connectivity index (χ0n) is 9.28. The minimum atomic E-state index is -3.55. The number of nitrogens with zero attached hydrogens (tertiary/aromatic N) is 1. The smallest absolute Gasteiger partial charge is 0.212 e. The van der Waals surface area contributed by atoms with Gasteiger partial charge in [-0.15, -0.1) is 0 Å². The van der Waals surface area contributed by atoms with E-state index in [1.54, 1.807) is 12.1 Å². The Morgan fingerprint density at radius 1 is 1.33 bits per heavy atom. The monoisotopic (exact) mass is 304 g/mol. The zero-order chi connectivity index (χ0) is 13.4. The Labute approximate surface area is 116 Å². The topological polar surface area (TPSA) is 70.0 Å². The number of benzene rings is 1. The van der Waals surface area contributed by atoms with Crippen LogP contribution >= 0.6 is 23.2 Å². The Bertz CT molecular complexity index is 618. The Hall–Kier alpha value is -0.800. The standard InChI is InChI=1S/C11H10Cl2N2O2S/c12-9-2-1-8(5-10(9)13)6-18(16,17)15-11(7-14)3-4-11/h1-2,5,15H,3-4,6H2. The van der Waals surface area contributed by atoms with Crippen molar-refractivity contribution in [2.24, 2.45) is 0 Å². The van der Waals surface area contributed by atoms with Gasteiger partial charge < -0.3 is 0 Å². The first-order valence-electron chi connectivity index (χ1n) is 5.23. The highest BCUT2D eigenvalue weighted by Crippen LogP contribution is 2.35. The first kappa shape index (κ1) is 13.6. The van der Waals surface area contributed by atoms with E-state index in [0.717, 1.165) is 0 Å². The number of hydrogen-bond donors (Lipinski definition) is 1. The largest absolute Gasteiger partial charge is 0.217 e. The summed E-state index contributed by atoms with van der Waals surface area (Å²) in [6, 6.07) is 6.63. The van der Waals surface area contributed by atoms with E-state index in [-0.39, 0.29) is 5.75 Å². The molecule has 0 bridgehead atoms. The van der Waals surface area contributed by atoms with Crippen LogP contribution in [0.25, 0.3) is 0 Å². The summed E-state index contributed by atoms with van der Waals surface area (Å²) in [5.41, 5.74) is -0.361. The zero-order valence-corrected chi connectivity index (χ0v) is 11.6. The van der Waals surface area contributed by atoms with Crippen molar-refractivity contribution in [3.63, 3.8) is 0 Å². The minimum Gasteiger partial charge on any atom is -0.212 e. The van der Waals surface area contributed by atoms with Crippen molar-refractivity contribution in [3.05, 3.63) is 33.8 Å².